The van der Waals surface area contributed by atoms with Gasteiger partial charge in [0.1, 0.15) is 0 Å². The molecule has 0 amide bonds. The maximum Gasteiger partial charge on any atom is 0.338 e. The number of nitrogen functional groups attached to an aromatic ring is 4. The van der Waals surface area contributed by atoms with Crippen molar-refractivity contribution in [2.24, 2.45) is 0 Å². The molecule has 8 N–H and O–H groups in total. The van der Waals surface area contributed by atoms with E-state index in [0.29, 0.717) is 46.7 Å². The number of carbonyl (C=O) groups excluding carboxylic acids is 2. The van der Waals surface area contributed by atoms with E-state index in [1.807, 2.05) is 0 Å². The van der Waals surface area contributed by atoms with Crippen LogP contribution in [0.5, 0.6) is 0 Å². The van der Waals surface area contributed by atoms with Crippen LogP contribution in [0.4, 0.5) is 22.7 Å². The van der Waals surface area contributed by atoms with Crippen LogP contribution in [0.3, 0.4) is 0 Å². The predicted octanol–water partition coefficient (Wildman–Crippen LogP) is 1.81. The summed E-state index contributed by atoms with van der Waals surface area (Å²) < 4.78 is 10.3. The summed E-state index contributed by atoms with van der Waals surface area (Å²) in [5.74, 6) is -1.01. The third-order valence-corrected chi connectivity index (χ3v) is 3.43. The molecule has 2 aromatic rings. The molecule has 0 atom stereocenters. The molecule has 0 aliphatic carbocycles. The van der Waals surface area contributed by atoms with Crippen molar-refractivity contribution in [1.29, 1.82) is 0 Å². The van der Waals surface area contributed by atoms with E-state index in [0.717, 1.165) is 0 Å². The molecule has 0 aliphatic rings. The summed E-state index contributed by atoms with van der Waals surface area (Å²) in [7, 11) is 0. The van der Waals surface area contributed by atoms with E-state index in [1.54, 1.807) is 12.1 Å². The molecule has 0 spiro atoms. The van der Waals surface area contributed by atoms with Gasteiger partial charge in [0, 0.05) is 22.7 Å². The molecule has 0 bridgehead atoms. The number of benzene rings is 2. The summed E-state index contributed by atoms with van der Waals surface area (Å²) in [6.07, 6.45) is 1.08. The number of anilines is 4. The lowest BCUT2D eigenvalue weighted by Gasteiger charge is -2.08. The SMILES string of the molecule is Nc1cc(N)cc(C(=O)OCCCCOC(=O)c2cc(N)cc(N)c2)c1. The Kier molecular flexibility index (Phi) is 6.26. The van der Waals surface area contributed by atoms with E-state index < -0.39 is 11.9 Å². The van der Waals surface area contributed by atoms with Crippen LogP contribution in [0.15, 0.2) is 36.4 Å². The normalized spacial score (nSPS) is 10.3. The van der Waals surface area contributed by atoms with Crippen molar-refractivity contribution < 1.29 is 19.1 Å². The highest BCUT2D eigenvalue weighted by atomic mass is 16.5. The first-order valence-electron chi connectivity index (χ1n) is 8.01. The van der Waals surface area contributed by atoms with Gasteiger partial charge in [-0.3, -0.25) is 0 Å². The smallest absolute Gasteiger partial charge is 0.338 e. The molecular formula is C18H22N4O4. The molecule has 0 fully saturated rings. The van der Waals surface area contributed by atoms with Gasteiger partial charge < -0.3 is 32.4 Å². The van der Waals surface area contributed by atoms with Crippen molar-refractivity contribution in [1.82, 2.24) is 0 Å². The minimum Gasteiger partial charge on any atom is -0.462 e. The topological polar surface area (TPSA) is 157 Å². The van der Waals surface area contributed by atoms with Gasteiger partial charge in [-0.05, 0) is 49.2 Å². The zero-order valence-corrected chi connectivity index (χ0v) is 14.2. The zero-order valence-electron chi connectivity index (χ0n) is 14.2. The highest BCUT2D eigenvalue weighted by Crippen LogP contribution is 2.16. The van der Waals surface area contributed by atoms with Crippen molar-refractivity contribution in [3.8, 4) is 0 Å². The molecule has 26 heavy (non-hydrogen) atoms. The molecule has 8 nitrogen and oxygen atoms in total. The van der Waals surface area contributed by atoms with Gasteiger partial charge in [0.05, 0.1) is 24.3 Å². The number of esters is 2. The van der Waals surface area contributed by atoms with Crippen molar-refractivity contribution in [2.45, 2.75) is 12.8 Å². The Balaban J connectivity index is 1.69. The number of nitrogens with two attached hydrogens (primary N) is 4. The summed E-state index contributed by atoms with van der Waals surface area (Å²) in [6, 6.07) is 9.10. The lowest BCUT2D eigenvalue weighted by molar-refractivity contribution is 0.0432. The third-order valence-electron chi connectivity index (χ3n) is 3.43. The Morgan fingerprint density at radius 2 is 0.923 bits per heavy atom. The van der Waals surface area contributed by atoms with Crippen LogP contribution in [0.1, 0.15) is 33.6 Å². The van der Waals surface area contributed by atoms with E-state index in [-0.39, 0.29) is 13.2 Å². The van der Waals surface area contributed by atoms with E-state index in [1.165, 1.54) is 24.3 Å². The quantitative estimate of drug-likeness (QED) is 0.331. The molecule has 0 radical (unpaired) electrons. The Hall–Kier alpha value is -3.42. The van der Waals surface area contributed by atoms with Crippen molar-refractivity contribution >= 4 is 34.7 Å². The average molecular weight is 358 g/mol. The van der Waals surface area contributed by atoms with Gasteiger partial charge in [0.15, 0.2) is 0 Å². The fourth-order valence-corrected chi connectivity index (χ4v) is 2.29. The van der Waals surface area contributed by atoms with Crippen LogP contribution in [0.2, 0.25) is 0 Å². The maximum absolute atomic E-state index is 11.9. The molecule has 2 rings (SSSR count). The van der Waals surface area contributed by atoms with E-state index in [9.17, 15) is 9.59 Å². The van der Waals surface area contributed by atoms with Gasteiger partial charge >= 0.3 is 11.9 Å². The fraction of sp³-hybridized carbons (Fsp3) is 0.222. The Morgan fingerprint density at radius 1 is 0.615 bits per heavy atom. The van der Waals surface area contributed by atoms with Gasteiger partial charge in [-0.2, -0.15) is 0 Å². The van der Waals surface area contributed by atoms with Crippen molar-refractivity contribution in [2.75, 3.05) is 36.1 Å². The fourth-order valence-electron chi connectivity index (χ4n) is 2.29. The molecule has 0 unspecified atom stereocenters. The van der Waals surface area contributed by atoms with E-state index in [4.69, 9.17) is 32.4 Å². The summed E-state index contributed by atoms with van der Waals surface area (Å²) in [5, 5.41) is 0. The monoisotopic (exact) mass is 358 g/mol. The molecular weight excluding hydrogens is 336 g/mol. The van der Waals surface area contributed by atoms with E-state index >= 15 is 0 Å². The van der Waals surface area contributed by atoms with Crippen LogP contribution in [-0.2, 0) is 9.47 Å². The highest BCUT2D eigenvalue weighted by molar-refractivity contribution is 5.92. The third kappa shape index (κ3) is 5.59. The van der Waals surface area contributed by atoms with Crippen LogP contribution < -0.4 is 22.9 Å². The zero-order chi connectivity index (χ0) is 19.1. The first kappa shape index (κ1) is 18.9. The summed E-state index contributed by atoms with van der Waals surface area (Å²) >= 11 is 0. The molecule has 0 aromatic heterocycles. The van der Waals surface area contributed by atoms with Crippen LogP contribution >= 0.6 is 0 Å². The second kappa shape index (κ2) is 8.61. The second-order valence-corrected chi connectivity index (χ2v) is 5.76. The van der Waals surface area contributed by atoms with Crippen LogP contribution in [0.25, 0.3) is 0 Å². The molecule has 0 heterocycles. The van der Waals surface area contributed by atoms with Gasteiger partial charge in [-0.25, -0.2) is 9.59 Å². The van der Waals surface area contributed by atoms with Gasteiger partial charge in [-0.1, -0.05) is 0 Å². The van der Waals surface area contributed by atoms with Crippen molar-refractivity contribution in [3.05, 3.63) is 47.5 Å². The molecule has 0 saturated carbocycles. The first-order chi connectivity index (χ1) is 12.3. The van der Waals surface area contributed by atoms with Crippen LogP contribution in [-0.4, -0.2) is 25.2 Å². The van der Waals surface area contributed by atoms with Crippen molar-refractivity contribution in [3.63, 3.8) is 0 Å². The number of carbonyl (C=O) groups is 2. The second-order valence-electron chi connectivity index (χ2n) is 5.76. The molecule has 138 valence electrons. The van der Waals surface area contributed by atoms with E-state index in [2.05, 4.69) is 0 Å². The number of rotatable bonds is 7. The number of ether oxygens (including phenoxy) is 2. The minimum absolute atomic E-state index is 0.191. The Morgan fingerprint density at radius 3 is 1.23 bits per heavy atom. The number of unbranched alkanes of at least 4 members (excludes halogenated alkanes) is 1. The van der Waals surface area contributed by atoms with Crippen LogP contribution in [0, 0.1) is 0 Å². The largest absolute Gasteiger partial charge is 0.462 e. The number of hydrogen-bond donors (Lipinski definition) is 4. The average Bonchev–Trinajstić information content (AvgIpc) is 2.55. The lowest BCUT2D eigenvalue weighted by atomic mass is 10.2. The minimum atomic E-state index is -0.503. The summed E-state index contributed by atoms with van der Waals surface area (Å²) in [5.41, 5.74) is 24.7. The van der Waals surface area contributed by atoms with Gasteiger partial charge in [0.2, 0.25) is 0 Å². The summed E-state index contributed by atoms with van der Waals surface area (Å²) in [4.78, 5) is 23.8. The van der Waals surface area contributed by atoms with Gasteiger partial charge in [-0.15, -0.1) is 0 Å². The Bertz CT molecular complexity index is 700. The molecule has 8 heteroatoms. The first-order valence-corrected chi connectivity index (χ1v) is 8.01. The molecule has 0 saturated heterocycles. The number of hydrogen-bond acceptors (Lipinski definition) is 8. The molecule has 2 aromatic carbocycles. The maximum atomic E-state index is 11.9. The summed E-state index contributed by atoms with van der Waals surface area (Å²) in [6.45, 7) is 0.382. The lowest BCUT2D eigenvalue weighted by Crippen LogP contribution is -2.10. The van der Waals surface area contributed by atoms with Gasteiger partial charge in [0.25, 0.3) is 0 Å². The predicted molar refractivity (Wildman–Crippen MR) is 100 cm³/mol. The Labute approximate surface area is 151 Å². The standard InChI is InChI=1S/C18H22N4O4/c19-13-5-11(6-14(20)9-13)17(23)25-3-1-2-4-26-18(24)12-7-15(21)10-16(22)8-12/h5-10H,1-4,19-22H2. The molecule has 0 aliphatic heterocycles. The highest BCUT2D eigenvalue weighted by Gasteiger charge is 2.10.